The number of para-hydroxylation sites is 2. The third-order valence-corrected chi connectivity index (χ3v) is 5.91. The fraction of sp³-hybridized carbons (Fsp3) is 0.154. The molecule has 1 amide bonds. The van der Waals surface area contributed by atoms with E-state index in [-0.39, 0.29) is 11.7 Å². The second-order valence-electron chi connectivity index (χ2n) is 7.93. The Morgan fingerprint density at radius 3 is 2.56 bits per heavy atom. The molecule has 7 nitrogen and oxygen atoms in total. The average Bonchev–Trinajstić information content (AvgIpc) is 3.22. The van der Waals surface area contributed by atoms with Gasteiger partial charge in [-0.15, -0.1) is 0 Å². The van der Waals surface area contributed by atoms with Crippen molar-refractivity contribution in [1.29, 1.82) is 0 Å². The van der Waals surface area contributed by atoms with Gasteiger partial charge in [-0.3, -0.25) is 9.36 Å². The third kappa shape index (κ3) is 3.63. The van der Waals surface area contributed by atoms with Crippen molar-refractivity contribution in [2.45, 2.75) is 13.0 Å². The second kappa shape index (κ2) is 8.55. The summed E-state index contributed by atoms with van der Waals surface area (Å²) >= 11 is 0. The maximum absolute atomic E-state index is 13.7. The van der Waals surface area contributed by atoms with Crippen molar-refractivity contribution in [1.82, 2.24) is 9.55 Å². The van der Waals surface area contributed by atoms with Crippen molar-refractivity contribution < 1.29 is 18.7 Å². The van der Waals surface area contributed by atoms with Gasteiger partial charge in [0.2, 0.25) is 5.95 Å². The number of ether oxygens (including phenoxy) is 2. The second-order valence-corrected chi connectivity index (χ2v) is 7.93. The molecule has 5 rings (SSSR count). The van der Waals surface area contributed by atoms with E-state index in [2.05, 4.69) is 10.6 Å². The van der Waals surface area contributed by atoms with Gasteiger partial charge in [0.15, 0.2) is 0 Å². The van der Waals surface area contributed by atoms with Gasteiger partial charge in [0.1, 0.15) is 17.3 Å². The first-order valence-electron chi connectivity index (χ1n) is 10.7. The van der Waals surface area contributed by atoms with Crippen LogP contribution in [0.5, 0.6) is 11.5 Å². The van der Waals surface area contributed by atoms with Crippen LogP contribution in [-0.2, 0) is 4.79 Å². The highest BCUT2D eigenvalue weighted by atomic mass is 19.1. The van der Waals surface area contributed by atoms with Crippen LogP contribution in [0, 0.1) is 5.82 Å². The predicted octanol–water partition coefficient (Wildman–Crippen LogP) is 5.12. The first-order chi connectivity index (χ1) is 16.5. The van der Waals surface area contributed by atoms with Gasteiger partial charge >= 0.3 is 0 Å². The molecule has 34 heavy (non-hydrogen) atoms. The van der Waals surface area contributed by atoms with Gasteiger partial charge in [-0.1, -0.05) is 12.1 Å². The van der Waals surface area contributed by atoms with Crippen LogP contribution < -0.4 is 20.1 Å². The smallest absolute Gasteiger partial charge is 0.255 e. The van der Waals surface area contributed by atoms with Crippen molar-refractivity contribution in [2.75, 3.05) is 24.9 Å². The summed E-state index contributed by atoms with van der Waals surface area (Å²) in [5, 5.41) is 6.18. The number of nitrogens with one attached hydrogen (secondary N) is 2. The Morgan fingerprint density at radius 2 is 1.82 bits per heavy atom. The maximum atomic E-state index is 13.7. The summed E-state index contributed by atoms with van der Waals surface area (Å²) in [4.78, 5) is 18.4. The zero-order chi connectivity index (χ0) is 23.8. The Bertz CT molecular complexity index is 1430. The number of nitrogens with zero attached hydrogens (tertiary/aromatic N) is 2. The molecule has 0 fully saturated rings. The summed E-state index contributed by atoms with van der Waals surface area (Å²) in [5.74, 6) is 1.16. The summed E-state index contributed by atoms with van der Waals surface area (Å²) in [6, 6.07) is 18.3. The van der Waals surface area contributed by atoms with Gasteiger partial charge in [0.25, 0.3) is 5.91 Å². The molecule has 1 atom stereocenters. The minimum absolute atomic E-state index is 0.324. The van der Waals surface area contributed by atoms with E-state index < -0.39 is 6.04 Å². The number of fused-ring (bicyclic) bond motifs is 3. The van der Waals surface area contributed by atoms with Crippen molar-refractivity contribution in [2.24, 2.45) is 0 Å². The fourth-order valence-corrected chi connectivity index (χ4v) is 4.34. The molecule has 0 aliphatic carbocycles. The zero-order valence-corrected chi connectivity index (χ0v) is 18.9. The number of hydrogen-bond donors (Lipinski definition) is 2. The topological polar surface area (TPSA) is 77.4 Å². The van der Waals surface area contributed by atoms with Crippen molar-refractivity contribution in [3.8, 4) is 11.5 Å². The number of carbonyl (C=O) groups is 1. The first-order valence-corrected chi connectivity index (χ1v) is 10.7. The number of benzene rings is 3. The standard InChI is InChI=1S/C26H23FN4O3/c1-15-23(25(32)29-17-10-8-16(27)9-11-17)24(19-14-18(33-2)12-13-22(19)34-3)31-21-7-5-4-6-20(21)30-26(31)28-15/h4-14,24H,1-3H3,(H,28,30)(H,29,32)/t24-/m0/s1. The molecule has 0 bridgehead atoms. The van der Waals surface area contributed by atoms with Crippen LogP contribution in [0.4, 0.5) is 16.0 Å². The molecule has 4 aromatic rings. The molecule has 2 heterocycles. The molecular weight excluding hydrogens is 435 g/mol. The number of imidazole rings is 1. The zero-order valence-electron chi connectivity index (χ0n) is 18.9. The lowest BCUT2D eigenvalue weighted by Gasteiger charge is -2.31. The highest BCUT2D eigenvalue weighted by Crippen LogP contribution is 2.43. The summed E-state index contributed by atoms with van der Waals surface area (Å²) in [6.07, 6.45) is 0. The molecule has 3 aromatic carbocycles. The van der Waals surface area contributed by atoms with Gasteiger partial charge in [0, 0.05) is 16.9 Å². The van der Waals surface area contributed by atoms with Gasteiger partial charge in [-0.25, -0.2) is 9.37 Å². The van der Waals surface area contributed by atoms with Crippen LogP contribution in [-0.4, -0.2) is 29.7 Å². The van der Waals surface area contributed by atoms with Crippen LogP contribution in [0.1, 0.15) is 18.5 Å². The van der Waals surface area contributed by atoms with Crippen LogP contribution >= 0.6 is 0 Å². The van der Waals surface area contributed by atoms with E-state index in [0.29, 0.717) is 34.4 Å². The summed E-state index contributed by atoms with van der Waals surface area (Å²) in [6.45, 7) is 1.84. The number of rotatable bonds is 5. The monoisotopic (exact) mass is 458 g/mol. The van der Waals surface area contributed by atoms with E-state index in [9.17, 15) is 9.18 Å². The normalized spacial score (nSPS) is 15.0. The number of aromatic nitrogens is 2. The SMILES string of the molecule is COc1ccc(OC)c([C@H]2C(C(=O)Nc3ccc(F)cc3)=C(C)Nc3nc4ccccc4n32)c1. The largest absolute Gasteiger partial charge is 0.497 e. The Hall–Kier alpha value is -4.33. The molecule has 0 unspecified atom stereocenters. The van der Waals surface area contributed by atoms with E-state index in [1.165, 1.54) is 24.3 Å². The Kier molecular flexibility index (Phi) is 5.41. The Morgan fingerprint density at radius 1 is 1.06 bits per heavy atom. The Labute approximate surface area is 195 Å². The van der Waals surface area contributed by atoms with Crippen molar-refractivity contribution >= 4 is 28.6 Å². The number of anilines is 2. The lowest BCUT2D eigenvalue weighted by molar-refractivity contribution is -0.113. The molecule has 172 valence electrons. The first kappa shape index (κ1) is 21.5. The average molecular weight is 458 g/mol. The van der Waals surface area contributed by atoms with Crippen molar-refractivity contribution in [3.05, 3.63) is 89.4 Å². The number of amides is 1. The summed E-state index contributed by atoms with van der Waals surface area (Å²) in [7, 11) is 3.18. The quantitative estimate of drug-likeness (QED) is 0.434. The maximum Gasteiger partial charge on any atom is 0.255 e. The lowest BCUT2D eigenvalue weighted by Crippen LogP contribution is -2.31. The minimum atomic E-state index is -0.561. The minimum Gasteiger partial charge on any atom is -0.497 e. The summed E-state index contributed by atoms with van der Waals surface area (Å²) in [5.41, 5.74) is 4.02. The lowest BCUT2D eigenvalue weighted by atomic mass is 9.93. The van der Waals surface area contributed by atoms with Gasteiger partial charge in [-0.2, -0.15) is 0 Å². The molecular formula is C26H23FN4O3. The number of hydrogen-bond acceptors (Lipinski definition) is 5. The van der Waals surface area contributed by atoms with Crippen LogP contribution in [0.25, 0.3) is 11.0 Å². The third-order valence-electron chi connectivity index (χ3n) is 5.91. The molecule has 1 aliphatic heterocycles. The van der Waals surface area contributed by atoms with Gasteiger partial charge in [0.05, 0.1) is 36.9 Å². The number of carbonyl (C=O) groups excluding carboxylic acids is 1. The van der Waals surface area contributed by atoms with E-state index in [4.69, 9.17) is 14.5 Å². The van der Waals surface area contributed by atoms with Gasteiger partial charge < -0.3 is 20.1 Å². The predicted molar refractivity (Wildman–Crippen MR) is 129 cm³/mol. The molecule has 1 aliphatic rings. The number of methoxy groups -OCH3 is 2. The molecule has 1 aromatic heterocycles. The van der Waals surface area contributed by atoms with E-state index >= 15 is 0 Å². The molecule has 0 saturated heterocycles. The summed E-state index contributed by atoms with van der Waals surface area (Å²) < 4.78 is 26.5. The van der Waals surface area contributed by atoms with Gasteiger partial charge in [-0.05, 0) is 61.5 Å². The molecule has 8 heteroatoms. The molecule has 0 radical (unpaired) electrons. The van der Waals surface area contributed by atoms with Crippen molar-refractivity contribution in [3.63, 3.8) is 0 Å². The Balaban J connectivity index is 1.71. The fourth-order valence-electron chi connectivity index (χ4n) is 4.34. The number of halogens is 1. The van der Waals surface area contributed by atoms with E-state index in [1.54, 1.807) is 14.2 Å². The molecule has 0 saturated carbocycles. The van der Waals surface area contributed by atoms with Crippen LogP contribution in [0.3, 0.4) is 0 Å². The molecule has 0 spiro atoms. The molecule has 2 N–H and O–H groups in total. The highest BCUT2D eigenvalue weighted by Gasteiger charge is 2.36. The highest BCUT2D eigenvalue weighted by molar-refractivity contribution is 6.06. The number of allylic oxidation sites excluding steroid dienone is 1. The van der Waals surface area contributed by atoms with Crippen LogP contribution in [0.2, 0.25) is 0 Å². The van der Waals surface area contributed by atoms with Crippen LogP contribution in [0.15, 0.2) is 78.0 Å². The van der Waals surface area contributed by atoms with E-state index in [0.717, 1.165) is 16.6 Å². The van der Waals surface area contributed by atoms with E-state index in [1.807, 2.05) is 54.0 Å².